The van der Waals surface area contributed by atoms with Gasteiger partial charge in [0.25, 0.3) is 0 Å². The highest BCUT2D eigenvalue weighted by Gasteiger charge is 2.58. The number of aryl methyl sites for hydroxylation is 2. The number of halogens is 1. The van der Waals surface area contributed by atoms with Gasteiger partial charge in [0.15, 0.2) is 0 Å². The lowest BCUT2D eigenvalue weighted by molar-refractivity contribution is -0.101. The van der Waals surface area contributed by atoms with Gasteiger partial charge in [-0.1, -0.05) is 22.9 Å². The van der Waals surface area contributed by atoms with Gasteiger partial charge in [-0.05, 0) is 86.7 Å². The minimum Gasteiger partial charge on any atom is -0.144 e. The maximum absolute atomic E-state index is 4.17. The summed E-state index contributed by atoms with van der Waals surface area (Å²) >= 11 is 6.20. The van der Waals surface area contributed by atoms with Crippen molar-refractivity contribution >= 4 is 27.3 Å². The molecule has 2 heteroatoms. The summed E-state index contributed by atoms with van der Waals surface area (Å²) in [6, 6.07) is 2.37. The van der Waals surface area contributed by atoms with Crippen molar-refractivity contribution in [2.24, 2.45) is 22.7 Å². The summed E-state index contributed by atoms with van der Waals surface area (Å²) in [5.74, 6) is 2.03. The Kier molecular flexibility index (Phi) is 3.00. The van der Waals surface area contributed by atoms with Gasteiger partial charge in [0.1, 0.15) is 0 Å². The molecule has 3 unspecified atom stereocenters. The molecule has 4 aliphatic carbocycles. The van der Waals surface area contributed by atoms with Crippen LogP contribution in [0.4, 0.5) is 0 Å². The van der Waals surface area contributed by atoms with Crippen LogP contribution in [0.2, 0.25) is 0 Å². The van der Waals surface area contributed by atoms with Crippen LogP contribution in [-0.4, -0.2) is 0 Å². The van der Waals surface area contributed by atoms with E-state index in [1.807, 2.05) is 11.3 Å². The average Bonchev–Trinajstić information content (AvgIpc) is 2.64. The predicted octanol–water partition coefficient (Wildman–Crippen LogP) is 6.41. The van der Waals surface area contributed by atoms with Crippen molar-refractivity contribution in [2.75, 3.05) is 0 Å². The second-order valence-corrected chi connectivity index (χ2v) is 10.6. The smallest absolute Gasteiger partial charge is 0.0548 e. The largest absolute Gasteiger partial charge is 0.144 e. The lowest BCUT2D eigenvalue weighted by Gasteiger charge is -2.62. The molecule has 1 heterocycles. The Balaban J connectivity index is 1.72. The molecule has 0 spiro atoms. The second kappa shape index (κ2) is 4.35. The lowest BCUT2D eigenvalue weighted by Crippen LogP contribution is -2.52. The summed E-state index contributed by atoms with van der Waals surface area (Å²) in [7, 11) is 0. The van der Waals surface area contributed by atoms with Crippen molar-refractivity contribution in [3.05, 3.63) is 21.4 Å². The monoisotopic (exact) mass is 352 g/mol. The van der Waals surface area contributed by atoms with Crippen LogP contribution in [0, 0.1) is 36.5 Å². The Morgan fingerprint density at radius 1 is 1.20 bits per heavy atom. The molecule has 4 bridgehead atoms. The summed E-state index contributed by atoms with van der Waals surface area (Å²) in [5.41, 5.74) is 2.72. The standard InChI is InChI=1S/C18H25BrS/c1-11-4-12(2)20-15(11)16(19)18-8-13-5-14(9-18)7-17(3,6-13)10-18/h4,13-14,16H,5-10H2,1-3H3. The fourth-order valence-electron chi connectivity index (χ4n) is 6.28. The van der Waals surface area contributed by atoms with Crippen LogP contribution >= 0.6 is 27.3 Å². The first kappa shape index (κ1) is 13.8. The first-order chi connectivity index (χ1) is 9.39. The van der Waals surface area contributed by atoms with Crippen molar-refractivity contribution < 1.29 is 0 Å². The first-order valence-electron chi connectivity index (χ1n) is 8.10. The van der Waals surface area contributed by atoms with Gasteiger partial charge in [0.05, 0.1) is 4.83 Å². The van der Waals surface area contributed by atoms with Crippen LogP contribution in [-0.2, 0) is 0 Å². The van der Waals surface area contributed by atoms with E-state index < -0.39 is 0 Å². The van der Waals surface area contributed by atoms with Crippen molar-refractivity contribution in [1.29, 1.82) is 0 Å². The van der Waals surface area contributed by atoms with Gasteiger partial charge in [-0.15, -0.1) is 11.3 Å². The van der Waals surface area contributed by atoms with E-state index in [4.69, 9.17) is 0 Å². The molecule has 0 amide bonds. The van der Waals surface area contributed by atoms with Gasteiger partial charge in [-0.25, -0.2) is 0 Å². The molecular formula is C18H25BrS. The summed E-state index contributed by atoms with van der Waals surface area (Å²) in [6.45, 7) is 7.13. The molecule has 4 fully saturated rings. The third kappa shape index (κ3) is 1.97. The molecular weight excluding hydrogens is 328 g/mol. The average molecular weight is 353 g/mol. The van der Waals surface area contributed by atoms with Crippen LogP contribution in [0.3, 0.4) is 0 Å². The topological polar surface area (TPSA) is 0 Å². The summed E-state index contributed by atoms with van der Waals surface area (Å²) in [4.78, 5) is 3.69. The molecule has 20 heavy (non-hydrogen) atoms. The van der Waals surface area contributed by atoms with Crippen molar-refractivity contribution in [1.82, 2.24) is 0 Å². The molecule has 0 aliphatic heterocycles. The molecule has 4 aliphatic rings. The maximum Gasteiger partial charge on any atom is 0.0548 e. The molecule has 3 atom stereocenters. The fraction of sp³-hybridized carbons (Fsp3) is 0.778. The Bertz CT molecular complexity index is 530. The third-order valence-corrected chi connectivity index (χ3v) is 9.20. The van der Waals surface area contributed by atoms with E-state index in [-0.39, 0.29) is 0 Å². The van der Waals surface area contributed by atoms with Gasteiger partial charge in [0.2, 0.25) is 0 Å². The molecule has 4 saturated carbocycles. The fourth-order valence-corrected chi connectivity index (χ4v) is 8.62. The van der Waals surface area contributed by atoms with E-state index in [2.05, 4.69) is 42.8 Å². The van der Waals surface area contributed by atoms with Gasteiger partial charge < -0.3 is 0 Å². The van der Waals surface area contributed by atoms with Crippen LogP contribution < -0.4 is 0 Å². The van der Waals surface area contributed by atoms with E-state index in [1.54, 1.807) is 4.88 Å². The van der Waals surface area contributed by atoms with Crippen LogP contribution in [0.25, 0.3) is 0 Å². The SMILES string of the molecule is Cc1cc(C)c(C(Br)C23CC4CC(CC(C)(C4)C2)C3)s1. The highest BCUT2D eigenvalue weighted by atomic mass is 79.9. The summed E-state index contributed by atoms with van der Waals surface area (Å²) < 4.78 is 0. The minimum absolute atomic E-state index is 0.556. The highest BCUT2D eigenvalue weighted by Crippen LogP contribution is 2.70. The minimum atomic E-state index is 0.556. The zero-order chi connectivity index (χ0) is 14.1. The van der Waals surface area contributed by atoms with Crippen molar-refractivity contribution in [3.63, 3.8) is 0 Å². The van der Waals surface area contributed by atoms with E-state index in [0.29, 0.717) is 15.7 Å². The summed E-state index contributed by atoms with van der Waals surface area (Å²) in [6.07, 6.45) is 8.95. The van der Waals surface area contributed by atoms with Crippen LogP contribution in [0.15, 0.2) is 6.07 Å². The van der Waals surface area contributed by atoms with E-state index in [1.165, 1.54) is 49.0 Å². The molecule has 110 valence electrons. The highest BCUT2D eigenvalue weighted by molar-refractivity contribution is 9.09. The first-order valence-corrected chi connectivity index (χ1v) is 9.83. The zero-order valence-electron chi connectivity index (χ0n) is 12.8. The van der Waals surface area contributed by atoms with Crippen molar-refractivity contribution in [3.8, 4) is 0 Å². The van der Waals surface area contributed by atoms with Crippen molar-refractivity contribution in [2.45, 2.75) is 64.1 Å². The molecule has 0 radical (unpaired) electrons. The zero-order valence-corrected chi connectivity index (χ0v) is 15.2. The van der Waals surface area contributed by atoms with Gasteiger partial charge >= 0.3 is 0 Å². The molecule has 0 nitrogen and oxygen atoms in total. The molecule has 1 aromatic rings. The number of thiophene rings is 1. The number of rotatable bonds is 2. The van der Waals surface area contributed by atoms with E-state index >= 15 is 0 Å². The summed E-state index contributed by atoms with van der Waals surface area (Å²) in [5, 5.41) is 0. The Labute approximate surface area is 135 Å². The second-order valence-electron chi connectivity index (χ2n) is 8.40. The number of alkyl halides is 1. The normalized spacial score (nSPS) is 44.0. The molecule has 1 aromatic heterocycles. The number of hydrogen-bond acceptors (Lipinski definition) is 1. The Hall–Kier alpha value is 0.180. The van der Waals surface area contributed by atoms with Gasteiger partial charge in [0, 0.05) is 9.75 Å². The Morgan fingerprint density at radius 2 is 1.85 bits per heavy atom. The Morgan fingerprint density at radius 3 is 2.35 bits per heavy atom. The van der Waals surface area contributed by atoms with Gasteiger partial charge in [-0.3, -0.25) is 0 Å². The van der Waals surface area contributed by atoms with Crippen LogP contribution in [0.1, 0.15) is 65.6 Å². The molecule has 0 N–H and O–H groups in total. The third-order valence-electron chi connectivity index (χ3n) is 6.25. The van der Waals surface area contributed by atoms with E-state index in [9.17, 15) is 0 Å². The molecule has 5 rings (SSSR count). The quantitative estimate of drug-likeness (QED) is 0.539. The van der Waals surface area contributed by atoms with Crippen LogP contribution in [0.5, 0.6) is 0 Å². The maximum atomic E-state index is 4.17. The van der Waals surface area contributed by atoms with E-state index in [0.717, 1.165) is 11.8 Å². The molecule has 0 aromatic carbocycles. The number of hydrogen-bond donors (Lipinski definition) is 0. The molecule has 0 saturated heterocycles. The lowest BCUT2D eigenvalue weighted by atomic mass is 9.44. The van der Waals surface area contributed by atoms with Gasteiger partial charge in [-0.2, -0.15) is 0 Å². The predicted molar refractivity (Wildman–Crippen MR) is 90.7 cm³/mol.